The third-order valence-corrected chi connectivity index (χ3v) is 5.91. The summed E-state index contributed by atoms with van der Waals surface area (Å²) in [6, 6.07) is 4.53. The molecule has 1 aliphatic heterocycles. The van der Waals surface area contributed by atoms with Gasteiger partial charge in [0.2, 0.25) is 11.8 Å². The Kier molecular flexibility index (Phi) is 10.2. The van der Waals surface area contributed by atoms with Crippen molar-refractivity contribution in [1.29, 1.82) is 0 Å². The highest BCUT2D eigenvalue weighted by molar-refractivity contribution is 5.84. The molecule has 190 valence electrons. The summed E-state index contributed by atoms with van der Waals surface area (Å²) in [6.07, 6.45) is 0.852. The van der Waals surface area contributed by atoms with Crippen LogP contribution in [0.1, 0.15) is 65.7 Å². The molecule has 10 heteroatoms. The first-order valence-electron chi connectivity index (χ1n) is 11.8. The molecule has 1 saturated heterocycles. The number of hydrogen-bond donors (Lipinski definition) is 2. The smallest absolute Gasteiger partial charge is 0.277 e. The molecule has 2 unspecified atom stereocenters. The molecule has 2 atom stereocenters. The van der Waals surface area contributed by atoms with Gasteiger partial charge >= 0.3 is 0 Å². The number of rotatable bonds is 13. The van der Waals surface area contributed by atoms with E-state index in [0.717, 1.165) is 0 Å². The molecule has 1 fully saturated rings. The molecule has 10 nitrogen and oxygen atoms in total. The fourth-order valence-electron chi connectivity index (χ4n) is 3.79. The number of amides is 2. The van der Waals surface area contributed by atoms with Gasteiger partial charge in [-0.05, 0) is 45.2 Å². The molecule has 1 aromatic carbocycles. The average Bonchev–Trinajstić information content (AvgIpc) is 3.32. The second-order valence-corrected chi connectivity index (χ2v) is 9.19. The highest BCUT2D eigenvalue weighted by Crippen LogP contribution is 2.34. The minimum atomic E-state index is -0.778. The van der Waals surface area contributed by atoms with Gasteiger partial charge in [0.15, 0.2) is 6.29 Å². The fourth-order valence-corrected chi connectivity index (χ4v) is 3.79. The van der Waals surface area contributed by atoms with Gasteiger partial charge in [-0.25, -0.2) is 0 Å². The van der Waals surface area contributed by atoms with E-state index in [0.29, 0.717) is 56.9 Å². The number of carbonyl (C=O) groups is 2. The van der Waals surface area contributed by atoms with Crippen molar-refractivity contribution in [2.75, 3.05) is 26.4 Å². The lowest BCUT2D eigenvalue weighted by Gasteiger charge is -2.30. The minimum absolute atomic E-state index is 0.0493. The number of carbonyl (C=O) groups excluding carboxylic acids is 2. The van der Waals surface area contributed by atoms with Crippen molar-refractivity contribution in [2.45, 2.75) is 66.2 Å². The summed E-state index contributed by atoms with van der Waals surface area (Å²) in [7, 11) is 0. The molecule has 0 aromatic heterocycles. The van der Waals surface area contributed by atoms with Gasteiger partial charge in [0.25, 0.3) is 5.69 Å². The Labute approximate surface area is 200 Å². The summed E-state index contributed by atoms with van der Waals surface area (Å²) in [4.78, 5) is 35.9. The lowest BCUT2D eigenvalue weighted by Crippen LogP contribution is -2.43. The molecular formula is C24H37N3O7. The molecule has 0 spiro atoms. The van der Waals surface area contributed by atoms with Gasteiger partial charge in [-0.15, -0.1) is 0 Å². The number of ether oxygens (including phenoxy) is 3. The van der Waals surface area contributed by atoms with Gasteiger partial charge in [-0.2, -0.15) is 0 Å². The molecule has 2 amide bonds. The standard InChI is InChI=1S/C24H37N3O7/c1-6-24(5,15-17(4)21(28)26-16(2)3)23(29)25-10-7-11-32-18-8-9-20(27(30)31)19(14-18)22-33-12-13-34-22/h8-9,14,16-17,22H,6-7,10-13,15H2,1-5H3,(H,25,29)(H,26,28). The molecule has 2 rings (SSSR count). The van der Waals surface area contributed by atoms with Crippen LogP contribution in [0.25, 0.3) is 0 Å². The molecular weight excluding hydrogens is 442 g/mol. The van der Waals surface area contributed by atoms with Crippen molar-refractivity contribution in [2.24, 2.45) is 11.3 Å². The van der Waals surface area contributed by atoms with Gasteiger partial charge in [0, 0.05) is 30.0 Å². The number of nitro groups is 1. The molecule has 2 N–H and O–H groups in total. The van der Waals surface area contributed by atoms with Crippen molar-refractivity contribution in [3.05, 3.63) is 33.9 Å². The van der Waals surface area contributed by atoms with Crippen LogP contribution >= 0.6 is 0 Å². The average molecular weight is 480 g/mol. The van der Waals surface area contributed by atoms with E-state index in [-0.39, 0.29) is 29.5 Å². The Hall–Kier alpha value is -2.72. The monoisotopic (exact) mass is 479 g/mol. The maximum Gasteiger partial charge on any atom is 0.277 e. The predicted octanol–water partition coefficient (Wildman–Crippen LogP) is 3.49. The number of nitro benzene ring substituents is 1. The van der Waals surface area contributed by atoms with E-state index in [1.54, 1.807) is 6.07 Å². The zero-order chi connectivity index (χ0) is 25.3. The lowest BCUT2D eigenvalue weighted by atomic mass is 9.78. The number of benzene rings is 1. The number of nitrogens with zero attached hydrogens (tertiary/aromatic N) is 1. The van der Waals surface area contributed by atoms with E-state index in [9.17, 15) is 19.7 Å². The van der Waals surface area contributed by atoms with E-state index >= 15 is 0 Å². The molecule has 1 aliphatic rings. The van der Waals surface area contributed by atoms with Crippen molar-refractivity contribution < 1.29 is 28.7 Å². The van der Waals surface area contributed by atoms with Crippen LogP contribution in [0, 0.1) is 21.4 Å². The zero-order valence-electron chi connectivity index (χ0n) is 20.7. The van der Waals surface area contributed by atoms with Crippen LogP contribution in [-0.2, 0) is 19.1 Å². The summed E-state index contributed by atoms with van der Waals surface area (Å²) in [5.74, 6) is 0.0547. The van der Waals surface area contributed by atoms with Crippen molar-refractivity contribution >= 4 is 17.5 Å². The maximum absolute atomic E-state index is 12.8. The Balaban J connectivity index is 1.84. The maximum atomic E-state index is 12.8. The minimum Gasteiger partial charge on any atom is -0.494 e. The fraction of sp³-hybridized carbons (Fsp3) is 0.667. The number of hydrogen-bond acceptors (Lipinski definition) is 7. The first-order chi connectivity index (χ1) is 16.1. The van der Waals surface area contributed by atoms with Gasteiger partial charge in [-0.3, -0.25) is 19.7 Å². The highest BCUT2D eigenvalue weighted by Gasteiger charge is 2.34. The zero-order valence-corrected chi connectivity index (χ0v) is 20.7. The van der Waals surface area contributed by atoms with Gasteiger partial charge in [0.05, 0.1) is 30.3 Å². The molecule has 0 saturated carbocycles. The highest BCUT2D eigenvalue weighted by atomic mass is 16.7. The summed E-state index contributed by atoms with van der Waals surface area (Å²) in [5, 5.41) is 17.1. The SMILES string of the molecule is CCC(C)(CC(C)C(=O)NC(C)C)C(=O)NCCCOc1ccc([N+](=O)[O-])c(C2OCCO2)c1. The second kappa shape index (κ2) is 12.7. The van der Waals surface area contributed by atoms with Crippen molar-refractivity contribution in [1.82, 2.24) is 10.6 Å². The number of nitrogens with one attached hydrogen (secondary N) is 2. The Morgan fingerprint density at radius 3 is 2.53 bits per heavy atom. The molecule has 1 heterocycles. The predicted molar refractivity (Wildman–Crippen MR) is 126 cm³/mol. The van der Waals surface area contributed by atoms with Crippen LogP contribution in [-0.4, -0.2) is 49.1 Å². The van der Waals surface area contributed by atoms with Crippen molar-refractivity contribution in [3.8, 4) is 5.75 Å². The largest absolute Gasteiger partial charge is 0.494 e. The van der Waals surface area contributed by atoms with Crippen LogP contribution in [0.2, 0.25) is 0 Å². The Morgan fingerprint density at radius 2 is 1.94 bits per heavy atom. The molecule has 0 aliphatic carbocycles. The first kappa shape index (κ1) is 27.5. The quantitative estimate of drug-likeness (QED) is 0.252. The van der Waals surface area contributed by atoms with E-state index in [1.807, 2.05) is 34.6 Å². The topological polar surface area (TPSA) is 129 Å². The van der Waals surface area contributed by atoms with Crippen LogP contribution in [0.3, 0.4) is 0 Å². The van der Waals surface area contributed by atoms with Crippen LogP contribution in [0.15, 0.2) is 18.2 Å². The lowest BCUT2D eigenvalue weighted by molar-refractivity contribution is -0.386. The van der Waals surface area contributed by atoms with Crippen LogP contribution in [0.5, 0.6) is 5.75 Å². The van der Waals surface area contributed by atoms with Crippen molar-refractivity contribution in [3.63, 3.8) is 0 Å². The third-order valence-electron chi connectivity index (χ3n) is 5.91. The summed E-state index contributed by atoms with van der Waals surface area (Å²) >= 11 is 0. The van der Waals surface area contributed by atoms with Crippen LogP contribution < -0.4 is 15.4 Å². The molecule has 0 radical (unpaired) electrons. The third kappa shape index (κ3) is 7.66. The van der Waals surface area contributed by atoms with E-state index in [2.05, 4.69) is 10.6 Å². The summed E-state index contributed by atoms with van der Waals surface area (Å²) in [5.41, 5.74) is -0.410. The summed E-state index contributed by atoms with van der Waals surface area (Å²) < 4.78 is 16.5. The van der Waals surface area contributed by atoms with Gasteiger partial charge in [-0.1, -0.05) is 20.8 Å². The molecule has 34 heavy (non-hydrogen) atoms. The Morgan fingerprint density at radius 1 is 1.26 bits per heavy atom. The van der Waals surface area contributed by atoms with E-state index in [1.165, 1.54) is 12.1 Å². The van der Waals surface area contributed by atoms with Gasteiger partial charge in [0.1, 0.15) is 5.75 Å². The molecule has 1 aromatic rings. The normalized spacial score (nSPS) is 16.6. The first-order valence-corrected chi connectivity index (χ1v) is 11.8. The van der Waals surface area contributed by atoms with Gasteiger partial charge < -0.3 is 24.8 Å². The van der Waals surface area contributed by atoms with Crippen LogP contribution in [0.4, 0.5) is 5.69 Å². The summed E-state index contributed by atoms with van der Waals surface area (Å²) in [6.45, 7) is 11.0. The second-order valence-electron chi connectivity index (χ2n) is 9.19. The Bertz CT molecular complexity index is 855. The molecule has 0 bridgehead atoms. The van der Waals surface area contributed by atoms with E-state index < -0.39 is 16.6 Å². The van der Waals surface area contributed by atoms with E-state index in [4.69, 9.17) is 14.2 Å².